The summed E-state index contributed by atoms with van der Waals surface area (Å²) < 4.78 is 28.8. The first-order chi connectivity index (χ1) is 19.1. The van der Waals surface area contributed by atoms with E-state index in [0.717, 1.165) is 41.1 Å². The fourth-order valence-electron chi connectivity index (χ4n) is 4.94. The Bertz CT molecular complexity index is 1390. The molecule has 7 nitrogen and oxygen atoms in total. The molecule has 1 atom stereocenters. The van der Waals surface area contributed by atoms with Gasteiger partial charge in [0.2, 0.25) is 11.8 Å². The van der Waals surface area contributed by atoms with Crippen LogP contribution in [-0.4, -0.2) is 50.3 Å². The highest BCUT2D eigenvalue weighted by atomic mass is 35.5. The van der Waals surface area contributed by atoms with Crippen molar-refractivity contribution in [1.82, 2.24) is 10.2 Å². The van der Waals surface area contributed by atoms with E-state index in [-0.39, 0.29) is 23.4 Å². The molecule has 1 saturated carbocycles. The number of benzene rings is 3. The van der Waals surface area contributed by atoms with Crippen molar-refractivity contribution < 1.29 is 18.0 Å². The van der Waals surface area contributed by atoms with Gasteiger partial charge in [-0.05, 0) is 75.1 Å². The molecule has 0 aromatic heterocycles. The first-order valence-electron chi connectivity index (χ1n) is 13.6. The van der Waals surface area contributed by atoms with Gasteiger partial charge in [-0.15, -0.1) is 0 Å². The lowest BCUT2D eigenvalue weighted by Crippen LogP contribution is -2.53. The Balaban J connectivity index is 1.63. The van der Waals surface area contributed by atoms with Gasteiger partial charge in [0.25, 0.3) is 10.0 Å². The predicted octanol–water partition coefficient (Wildman–Crippen LogP) is 5.36. The quantitative estimate of drug-likeness (QED) is 0.330. The maximum absolute atomic E-state index is 13.9. The summed E-state index contributed by atoms with van der Waals surface area (Å²) in [4.78, 5) is 28.8. The molecule has 212 valence electrons. The Hall–Kier alpha value is -3.36. The highest BCUT2D eigenvalue weighted by molar-refractivity contribution is 7.92. The molecule has 3 aromatic rings. The number of hydrogen-bond donors (Lipinski definition) is 1. The van der Waals surface area contributed by atoms with Crippen LogP contribution in [0.2, 0.25) is 5.02 Å². The van der Waals surface area contributed by atoms with Crippen LogP contribution in [0.15, 0.2) is 83.8 Å². The van der Waals surface area contributed by atoms with E-state index < -0.39 is 28.5 Å². The van der Waals surface area contributed by atoms with E-state index in [1.54, 1.807) is 43.3 Å². The Morgan fingerprint density at radius 3 is 2.20 bits per heavy atom. The maximum atomic E-state index is 13.9. The molecule has 9 heteroatoms. The summed E-state index contributed by atoms with van der Waals surface area (Å²) in [6.45, 7) is 3.38. The standard InChI is InChI=1S/C31H36ClN3O4S/c1-23-12-18-29(19-13-23)40(38,39)35(28-16-14-26(32)15-17-28)22-30(36)34(21-20-25-8-4-3-5-9-25)24(2)31(37)33-27-10-6-7-11-27/h3-5,8-9,12-19,24,27H,6-7,10-11,20-22H2,1-2H3,(H,33,37)/t24-/m1/s1. The van der Waals surface area contributed by atoms with E-state index in [2.05, 4.69) is 5.32 Å². The van der Waals surface area contributed by atoms with Gasteiger partial charge in [-0.2, -0.15) is 0 Å². The number of carbonyl (C=O) groups is 2. The van der Waals surface area contributed by atoms with Gasteiger partial charge in [-0.1, -0.05) is 72.5 Å². The van der Waals surface area contributed by atoms with Gasteiger partial charge in [-0.3, -0.25) is 13.9 Å². The number of amides is 2. The molecule has 0 heterocycles. The lowest BCUT2D eigenvalue weighted by Gasteiger charge is -2.32. The summed E-state index contributed by atoms with van der Waals surface area (Å²) in [6, 6.07) is 21.9. The van der Waals surface area contributed by atoms with Crippen LogP contribution in [-0.2, 0) is 26.0 Å². The van der Waals surface area contributed by atoms with Crippen LogP contribution in [0, 0.1) is 6.92 Å². The molecule has 0 saturated heterocycles. The number of carbonyl (C=O) groups excluding carboxylic acids is 2. The highest BCUT2D eigenvalue weighted by Crippen LogP contribution is 2.26. The maximum Gasteiger partial charge on any atom is 0.264 e. The summed E-state index contributed by atoms with van der Waals surface area (Å²) in [5, 5.41) is 3.53. The molecule has 1 aliphatic carbocycles. The molecular weight excluding hydrogens is 546 g/mol. The minimum absolute atomic E-state index is 0.0729. The zero-order valence-electron chi connectivity index (χ0n) is 22.9. The van der Waals surface area contributed by atoms with E-state index in [0.29, 0.717) is 17.1 Å². The number of sulfonamides is 1. The molecule has 0 aliphatic heterocycles. The molecule has 1 aliphatic rings. The molecule has 0 radical (unpaired) electrons. The van der Waals surface area contributed by atoms with E-state index in [1.165, 1.54) is 17.0 Å². The molecule has 4 rings (SSSR count). The largest absolute Gasteiger partial charge is 0.352 e. The monoisotopic (exact) mass is 581 g/mol. The third kappa shape index (κ3) is 7.43. The minimum atomic E-state index is -4.10. The first kappa shape index (κ1) is 29.6. The third-order valence-corrected chi connectivity index (χ3v) is 9.40. The van der Waals surface area contributed by atoms with Gasteiger partial charge in [0.05, 0.1) is 10.6 Å². The van der Waals surface area contributed by atoms with E-state index >= 15 is 0 Å². The topological polar surface area (TPSA) is 86.8 Å². The summed E-state index contributed by atoms with van der Waals surface area (Å²) in [7, 11) is -4.10. The lowest BCUT2D eigenvalue weighted by atomic mass is 10.1. The van der Waals surface area contributed by atoms with Crippen LogP contribution in [0.1, 0.15) is 43.7 Å². The zero-order chi connectivity index (χ0) is 28.7. The Kier molecular flexibility index (Phi) is 9.87. The van der Waals surface area contributed by atoms with Gasteiger partial charge in [0, 0.05) is 17.6 Å². The molecule has 3 aromatic carbocycles. The summed E-state index contributed by atoms with van der Waals surface area (Å²) in [5.74, 6) is -0.691. The number of nitrogens with zero attached hydrogens (tertiary/aromatic N) is 2. The molecule has 2 amide bonds. The van der Waals surface area contributed by atoms with Crippen molar-refractivity contribution >= 4 is 39.1 Å². The number of halogens is 1. The molecular formula is C31H36ClN3O4S. The van der Waals surface area contributed by atoms with Crippen molar-refractivity contribution in [1.29, 1.82) is 0 Å². The van der Waals surface area contributed by atoms with Crippen LogP contribution in [0.25, 0.3) is 0 Å². The normalized spacial score (nSPS) is 14.5. The van der Waals surface area contributed by atoms with Crippen molar-refractivity contribution in [2.75, 3.05) is 17.4 Å². The average Bonchev–Trinajstić information content (AvgIpc) is 3.46. The summed E-state index contributed by atoms with van der Waals surface area (Å²) >= 11 is 6.08. The molecule has 0 spiro atoms. The zero-order valence-corrected chi connectivity index (χ0v) is 24.5. The number of rotatable bonds is 11. The lowest BCUT2D eigenvalue weighted by molar-refractivity contribution is -0.139. The van der Waals surface area contributed by atoms with Gasteiger partial charge in [-0.25, -0.2) is 8.42 Å². The second kappa shape index (κ2) is 13.3. The fourth-order valence-corrected chi connectivity index (χ4v) is 6.48. The Morgan fingerprint density at radius 2 is 1.57 bits per heavy atom. The summed E-state index contributed by atoms with van der Waals surface area (Å²) in [6.07, 6.45) is 4.52. The first-order valence-corrected chi connectivity index (χ1v) is 15.5. The predicted molar refractivity (Wildman–Crippen MR) is 159 cm³/mol. The fraction of sp³-hybridized carbons (Fsp3) is 0.355. The molecule has 40 heavy (non-hydrogen) atoms. The second-order valence-corrected chi connectivity index (χ2v) is 12.6. The van der Waals surface area contributed by atoms with Gasteiger partial charge in [0.15, 0.2) is 0 Å². The average molecular weight is 582 g/mol. The molecule has 0 unspecified atom stereocenters. The van der Waals surface area contributed by atoms with Crippen molar-refractivity contribution in [3.05, 3.63) is 95.0 Å². The Morgan fingerprint density at radius 1 is 0.950 bits per heavy atom. The van der Waals surface area contributed by atoms with Crippen LogP contribution >= 0.6 is 11.6 Å². The van der Waals surface area contributed by atoms with Crippen molar-refractivity contribution in [3.8, 4) is 0 Å². The number of nitrogens with one attached hydrogen (secondary N) is 1. The minimum Gasteiger partial charge on any atom is -0.352 e. The van der Waals surface area contributed by atoms with Gasteiger partial charge in [0.1, 0.15) is 12.6 Å². The van der Waals surface area contributed by atoms with Crippen LogP contribution in [0.3, 0.4) is 0 Å². The van der Waals surface area contributed by atoms with Crippen LogP contribution < -0.4 is 9.62 Å². The second-order valence-electron chi connectivity index (χ2n) is 10.3. The molecule has 0 bridgehead atoms. The van der Waals surface area contributed by atoms with E-state index in [9.17, 15) is 18.0 Å². The van der Waals surface area contributed by atoms with Crippen molar-refractivity contribution in [2.24, 2.45) is 0 Å². The summed E-state index contributed by atoms with van der Waals surface area (Å²) in [5.41, 5.74) is 2.25. The van der Waals surface area contributed by atoms with Gasteiger partial charge >= 0.3 is 0 Å². The van der Waals surface area contributed by atoms with E-state index in [4.69, 9.17) is 11.6 Å². The highest BCUT2D eigenvalue weighted by Gasteiger charge is 2.33. The van der Waals surface area contributed by atoms with Gasteiger partial charge < -0.3 is 10.2 Å². The third-order valence-electron chi connectivity index (χ3n) is 7.36. The van der Waals surface area contributed by atoms with Crippen molar-refractivity contribution in [2.45, 2.75) is 62.9 Å². The molecule has 1 fully saturated rings. The number of aryl methyl sites for hydroxylation is 1. The smallest absolute Gasteiger partial charge is 0.264 e. The van der Waals surface area contributed by atoms with Crippen LogP contribution in [0.5, 0.6) is 0 Å². The van der Waals surface area contributed by atoms with Crippen LogP contribution in [0.4, 0.5) is 5.69 Å². The molecule has 1 N–H and O–H groups in total. The SMILES string of the molecule is Cc1ccc(S(=O)(=O)N(CC(=O)N(CCc2ccccc2)[C@H](C)C(=O)NC2CCCC2)c2ccc(Cl)cc2)cc1. The number of anilines is 1. The van der Waals surface area contributed by atoms with E-state index in [1.807, 2.05) is 37.3 Å². The van der Waals surface area contributed by atoms with Crippen molar-refractivity contribution in [3.63, 3.8) is 0 Å². The number of hydrogen-bond acceptors (Lipinski definition) is 4. The Labute approximate surface area is 242 Å².